The highest BCUT2D eigenvalue weighted by Gasteiger charge is 2.21. The fourth-order valence-electron chi connectivity index (χ4n) is 8.67. The molecule has 0 aliphatic heterocycles. The fourth-order valence-corrected chi connectivity index (χ4v) is 8.67. The smallest absolute Gasteiger partial charge is 0.221 e. The van der Waals surface area contributed by atoms with Gasteiger partial charge in [0.2, 0.25) is 5.95 Å². The molecule has 0 aliphatic rings. The lowest BCUT2D eigenvalue weighted by Crippen LogP contribution is -2.06. The molecule has 8 aromatic carbocycles. The van der Waals surface area contributed by atoms with E-state index < -0.39 is 0 Å². The summed E-state index contributed by atoms with van der Waals surface area (Å²) in [5.41, 5.74) is 11.9. The number of fused-ring (bicyclic) bond motifs is 13. The Labute approximate surface area is 303 Å². The maximum absolute atomic E-state index is 5.39. The highest BCUT2D eigenvalue weighted by atomic mass is 15.2. The summed E-state index contributed by atoms with van der Waals surface area (Å²) in [6, 6.07) is 63.1. The normalized spacial score (nSPS) is 12.2. The van der Waals surface area contributed by atoms with E-state index in [9.17, 15) is 0 Å². The van der Waals surface area contributed by atoms with E-state index in [0.717, 1.165) is 55.8 Å². The molecular formula is C48H29N5. The van der Waals surface area contributed by atoms with Gasteiger partial charge in [0.25, 0.3) is 0 Å². The average molecular weight is 676 g/mol. The quantitative estimate of drug-likeness (QED) is 0.187. The predicted molar refractivity (Wildman–Crippen MR) is 220 cm³/mol. The molecule has 0 bridgehead atoms. The molecule has 0 N–H and O–H groups in total. The van der Waals surface area contributed by atoms with Gasteiger partial charge in [0, 0.05) is 32.6 Å². The van der Waals surface area contributed by atoms with Crippen LogP contribution < -0.4 is 0 Å². The minimum atomic E-state index is 0.823. The van der Waals surface area contributed by atoms with E-state index in [1.807, 2.05) is 6.07 Å². The molecule has 53 heavy (non-hydrogen) atoms. The highest BCUT2D eigenvalue weighted by molar-refractivity contribution is 6.22. The molecule has 246 valence electrons. The summed E-state index contributed by atoms with van der Waals surface area (Å²) < 4.78 is 6.95. The second-order valence-corrected chi connectivity index (χ2v) is 13.9. The Bertz CT molecular complexity index is 3460. The Kier molecular flexibility index (Phi) is 5.71. The van der Waals surface area contributed by atoms with Crippen LogP contribution in [0.5, 0.6) is 0 Å². The maximum Gasteiger partial charge on any atom is 0.221 e. The Balaban J connectivity index is 1.16. The van der Waals surface area contributed by atoms with Crippen LogP contribution in [0.15, 0.2) is 176 Å². The zero-order valence-corrected chi connectivity index (χ0v) is 28.5. The lowest BCUT2D eigenvalue weighted by atomic mass is 9.99. The maximum atomic E-state index is 5.39. The second-order valence-electron chi connectivity index (χ2n) is 13.9. The van der Waals surface area contributed by atoms with Crippen molar-refractivity contribution in [1.29, 1.82) is 0 Å². The molecule has 0 atom stereocenters. The summed E-state index contributed by atoms with van der Waals surface area (Å²) in [6.07, 6.45) is 0. The van der Waals surface area contributed by atoms with Gasteiger partial charge in [0.15, 0.2) is 0 Å². The van der Waals surface area contributed by atoms with Gasteiger partial charge in [-0.05, 0) is 88.6 Å². The van der Waals surface area contributed by atoms with Crippen molar-refractivity contribution in [3.63, 3.8) is 0 Å². The number of hydrogen-bond acceptors (Lipinski definition) is 2. The minimum absolute atomic E-state index is 0.823. The molecule has 0 amide bonds. The van der Waals surface area contributed by atoms with E-state index in [1.165, 1.54) is 48.9 Å². The summed E-state index contributed by atoms with van der Waals surface area (Å²) in [4.78, 5) is 10.5. The first-order chi connectivity index (χ1) is 26.3. The first kappa shape index (κ1) is 28.5. The lowest BCUT2D eigenvalue weighted by Gasteiger charge is -2.13. The minimum Gasteiger partial charge on any atom is -0.309 e. The van der Waals surface area contributed by atoms with Crippen molar-refractivity contribution < 1.29 is 0 Å². The van der Waals surface area contributed by atoms with Crippen molar-refractivity contribution in [3.8, 4) is 22.8 Å². The Morgan fingerprint density at radius 2 is 1.00 bits per heavy atom. The van der Waals surface area contributed by atoms with E-state index >= 15 is 0 Å². The van der Waals surface area contributed by atoms with Crippen LogP contribution in [0.4, 0.5) is 0 Å². The molecule has 0 aliphatic carbocycles. The van der Waals surface area contributed by atoms with Crippen molar-refractivity contribution in [1.82, 2.24) is 23.5 Å². The van der Waals surface area contributed by atoms with Gasteiger partial charge >= 0.3 is 0 Å². The van der Waals surface area contributed by atoms with Crippen LogP contribution in [0.1, 0.15) is 0 Å². The molecule has 4 aromatic heterocycles. The zero-order valence-electron chi connectivity index (χ0n) is 28.5. The Morgan fingerprint density at radius 1 is 0.358 bits per heavy atom. The number of aromatic nitrogens is 5. The van der Waals surface area contributed by atoms with Gasteiger partial charge < -0.3 is 4.57 Å². The standard InChI is InChI=1S/C48H29N5/c1-2-13-33(14-3-1)51-42-26-24-31(28-38(42)46-34-15-5-4-12-30(34)23-27-44(46)51)32-22-25-36-35-16-7-10-20-41(35)52(45(36)29-32)48-50-39-18-8-6-17-37(39)47-49-40-19-9-11-21-43(40)53(47)48/h1-29H. The molecule has 0 radical (unpaired) electrons. The van der Waals surface area contributed by atoms with Gasteiger partial charge in [-0.25, -0.2) is 9.97 Å². The van der Waals surface area contributed by atoms with Gasteiger partial charge in [-0.3, -0.25) is 8.97 Å². The van der Waals surface area contributed by atoms with Crippen molar-refractivity contribution in [3.05, 3.63) is 176 Å². The molecular weight excluding hydrogens is 647 g/mol. The SMILES string of the molecule is c1ccc(-n2c3ccc(-c4ccc5c6ccccc6n(-c6nc7ccccc7c7nc8ccccc8n67)c5c4)cc3c3c4ccccc4ccc32)cc1. The first-order valence-corrected chi connectivity index (χ1v) is 18.0. The van der Waals surface area contributed by atoms with E-state index in [1.54, 1.807) is 0 Å². The van der Waals surface area contributed by atoms with Crippen LogP contribution in [0.3, 0.4) is 0 Å². The summed E-state index contributed by atoms with van der Waals surface area (Å²) in [5, 5.41) is 8.42. The lowest BCUT2D eigenvalue weighted by molar-refractivity contribution is 0.979. The van der Waals surface area contributed by atoms with Gasteiger partial charge in [-0.1, -0.05) is 109 Å². The van der Waals surface area contributed by atoms with Crippen LogP contribution in [-0.2, 0) is 0 Å². The fraction of sp³-hybridized carbons (Fsp3) is 0. The van der Waals surface area contributed by atoms with Gasteiger partial charge in [-0.15, -0.1) is 0 Å². The average Bonchev–Trinajstić information content (AvgIpc) is 3.89. The number of imidazole rings is 1. The Hall–Kier alpha value is -7.24. The molecule has 12 aromatic rings. The van der Waals surface area contributed by atoms with Crippen LogP contribution in [0.2, 0.25) is 0 Å². The van der Waals surface area contributed by atoms with E-state index in [0.29, 0.717) is 0 Å². The zero-order chi connectivity index (χ0) is 34.6. The van der Waals surface area contributed by atoms with Gasteiger partial charge in [0.05, 0.1) is 38.6 Å². The third kappa shape index (κ3) is 3.96. The second kappa shape index (κ2) is 10.6. The van der Waals surface area contributed by atoms with Gasteiger partial charge in [-0.2, -0.15) is 0 Å². The molecule has 0 spiro atoms. The summed E-state index contributed by atoms with van der Waals surface area (Å²) in [6.45, 7) is 0. The first-order valence-electron chi connectivity index (χ1n) is 18.0. The van der Waals surface area contributed by atoms with Crippen LogP contribution >= 0.6 is 0 Å². The highest BCUT2D eigenvalue weighted by Crippen LogP contribution is 2.41. The molecule has 5 nitrogen and oxygen atoms in total. The Morgan fingerprint density at radius 3 is 1.89 bits per heavy atom. The number of benzene rings is 8. The number of para-hydroxylation sites is 5. The number of hydrogen-bond donors (Lipinski definition) is 0. The van der Waals surface area contributed by atoms with E-state index in [-0.39, 0.29) is 0 Å². The molecule has 0 saturated carbocycles. The summed E-state index contributed by atoms with van der Waals surface area (Å²) in [5.74, 6) is 0.823. The van der Waals surface area contributed by atoms with Crippen molar-refractivity contribution in [2.45, 2.75) is 0 Å². The van der Waals surface area contributed by atoms with Crippen molar-refractivity contribution >= 4 is 82.0 Å². The van der Waals surface area contributed by atoms with Crippen LogP contribution in [0.25, 0.3) is 105 Å². The molecule has 4 heterocycles. The summed E-state index contributed by atoms with van der Waals surface area (Å²) in [7, 11) is 0. The molecule has 12 rings (SSSR count). The molecule has 0 saturated heterocycles. The molecule has 5 heteroatoms. The topological polar surface area (TPSA) is 40.0 Å². The van der Waals surface area contributed by atoms with Crippen molar-refractivity contribution in [2.75, 3.05) is 0 Å². The number of nitrogens with zero attached hydrogens (tertiary/aromatic N) is 5. The molecule has 0 fully saturated rings. The van der Waals surface area contributed by atoms with Crippen LogP contribution in [0, 0.1) is 0 Å². The number of rotatable bonds is 3. The largest absolute Gasteiger partial charge is 0.309 e. The van der Waals surface area contributed by atoms with E-state index in [4.69, 9.17) is 9.97 Å². The third-order valence-electron chi connectivity index (χ3n) is 11.0. The van der Waals surface area contributed by atoms with Crippen LogP contribution in [-0.4, -0.2) is 23.5 Å². The van der Waals surface area contributed by atoms with E-state index in [2.05, 4.69) is 183 Å². The molecule has 0 unspecified atom stereocenters. The summed E-state index contributed by atoms with van der Waals surface area (Å²) >= 11 is 0. The van der Waals surface area contributed by atoms with Gasteiger partial charge in [0.1, 0.15) is 5.65 Å². The third-order valence-corrected chi connectivity index (χ3v) is 11.0. The predicted octanol–water partition coefficient (Wildman–Crippen LogP) is 12.1. The van der Waals surface area contributed by atoms with Crippen molar-refractivity contribution in [2.24, 2.45) is 0 Å². The monoisotopic (exact) mass is 675 g/mol.